The van der Waals surface area contributed by atoms with Crippen molar-refractivity contribution in [3.05, 3.63) is 95.1 Å². The summed E-state index contributed by atoms with van der Waals surface area (Å²) in [6.45, 7) is 4.04. The van der Waals surface area contributed by atoms with E-state index in [2.05, 4.69) is 10.6 Å². The van der Waals surface area contributed by atoms with E-state index in [0.29, 0.717) is 17.9 Å². The van der Waals surface area contributed by atoms with Gasteiger partial charge in [-0.25, -0.2) is 0 Å². The number of nitrogens with one attached hydrogen (secondary N) is 2. The van der Waals surface area contributed by atoms with Crippen molar-refractivity contribution in [2.45, 2.75) is 57.5 Å². The minimum atomic E-state index is -1.71. The number of ether oxygens (including phenoxy) is 1. The van der Waals surface area contributed by atoms with Gasteiger partial charge < -0.3 is 35.6 Å². The number of benzene rings is 3. The zero-order chi connectivity index (χ0) is 30.2. The van der Waals surface area contributed by atoms with Crippen LogP contribution in [-0.4, -0.2) is 75.4 Å². The van der Waals surface area contributed by atoms with Gasteiger partial charge in [-0.2, -0.15) is 0 Å². The third-order valence-corrected chi connectivity index (χ3v) is 7.34. The van der Waals surface area contributed by atoms with E-state index in [0.717, 1.165) is 11.1 Å². The van der Waals surface area contributed by atoms with Crippen LogP contribution in [0.2, 0.25) is 0 Å². The van der Waals surface area contributed by atoms with Crippen LogP contribution in [0.3, 0.4) is 0 Å². The van der Waals surface area contributed by atoms with Gasteiger partial charge in [-0.1, -0.05) is 48.5 Å². The van der Waals surface area contributed by atoms with Crippen molar-refractivity contribution in [2.24, 2.45) is 0 Å². The van der Waals surface area contributed by atoms with E-state index in [1.807, 2.05) is 61.5 Å². The number of β-amino-alcohol motifs (C(OH)–C–C–N with tert-alkyl or cyclic N) is 1. The van der Waals surface area contributed by atoms with E-state index in [9.17, 15) is 29.7 Å². The number of carbonyl (C=O) groups is 3. The van der Waals surface area contributed by atoms with E-state index in [4.69, 9.17) is 4.74 Å². The lowest BCUT2D eigenvalue weighted by Gasteiger charge is -2.30. The molecule has 0 spiro atoms. The quantitative estimate of drug-likeness (QED) is 0.235. The summed E-state index contributed by atoms with van der Waals surface area (Å²) in [6.07, 6.45) is -2.52. The van der Waals surface area contributed by atoms with Crippen LogP contribution in [-0.2, 0) is 22.6 Å². The molecule has 3 aromatic carbocycles. The number of amides is 3. The first-order valence-electron chi connectivity index (χ1n) is 14.0. The molecule has 1 aliphatic rings. The third-order valence-electron chi connectivity index (χ3n) is 7.34. The lowest BCUT2D eigenvalue weighted by molar-refractivity contribution is -0.146. The fourth-order valence-corrected chi connectivity index (χ4v) is 5.09. The second-order valence-electron chi connectivity index (χ2n) is 10.4. The molecule has 4 rings (SSSR count). The largest absolute Gasteiger partial charge is 0.508 e. The molecule has 4 unspecified atom stereocenters. The summed E-state index contributed by atoms with van der Waals surface area (Å²) in [7, 11) is 0. The summed E-state index contributed by atoms with van der Waals surface area (Å²) in [5.41, 5.74) is 2.14. The summed E-state index contributed by atoms with van der Waals surface area (Å²) < 4.78 is 5.51. The zero-order valence-corrected chi connectivity index (χ0v) is 23.7. The van der Waals surface area contributed by atoms with Gasteiger partial charge in [0, 0.05) is 30.6 Å². The van der Waals surface area contributed by atoms with Crippen LogP contribution in [0.1, 0.15) is 40.4 Å². The fraction of sp³-hybridized carbons (Fsp3) is 0.344. The topological polar surface area (TPSA) is 148 Å². The molecule has 10 heteroatoms. The number of carbonyl (C=O) groups excluding carboxylic acids is 3. The Morgan fingerprint density at radius 3 is 2.48 bits per heavy atom. The summed E-state index contributed by atoms with van der Waals surface area (Å²) in [5.74, 6) is -1.19. The monoisotopic (exact) mass is 575 g/mol. The molecule has 1 aliphatic heterocycles. The molecule has 42 heavy (non-hydrogen) atoms. The van der Waals surface area contributed by atoms with Crippen LogP contribution in [0.25, 0.3) is 0 Å². The summed E-state index contributed by atoms with van der Waals surface area (Å²) in [4.78, 5) is 41.2. The highest BCUT2D eigenvalue weighted by atomic mass is 16.5. The van der Waals surface area contributed by atoms with Crippen LogP contribution in [0.15, 0.2) is 72.8 Å². The maximum absolute atomic E-state index is 13.6. The maximum atomic E-state index is 13.6. The Labute approximate surface area is 244 Å². The van der Waals surface area contributed by atoms with Crippen LogP contribution < -0.4 is 15.4 Å². The maximum Gasteiger partial charge on any atom is 0.254 e. The summed E-state index contributed by atoms with van der Waals surface area (Å²) in [5, 5.41) is 37.3. The standard InChI is InChI=1S/C32H37N3O7/c1-3-42-24-12-7-11-22(15-24)18-33-31(40)27-17-23(36)19-35(27)32(41)29(38)26(16-21-9-5-4-6-10-21)34-30(39)25-13-8-14-28(37)20(25)2/h4-15,23,26-27,29,36-38H,3,16-19H2,1-2H3,(H,33,40)(H,34,39). The Balaban J connectivity index is 1.50. The Bertz CT molecular complexity index is 1400. The number of aliphatic hydroxyl groups excluding tert-OH is 2. The molecule has 3 aromatic rings. The predicted molar refractivity (Wildman–Crippen MR) is 156 cm³/mol. The number of likely N-dealkylation sites (tertiary alicyclic amines) is 1. The first-order chi connectivity index (χ1) is 20.2. The van der Waals surface area contributed by atoms with E-state index in [1.165, 1.54) is 17.0 Å². The lowest BCUT2D eigenvalue weighted by atomic mass is 9.98. The Hall–Kier alpha value is -4.41. The van der Waals surface area contributed by atoms with Crippen molar-refractivity contribution < 1.29 is 34.4 Å². The van der Waals surface area contributed by atoms with Crippen LogP contribution >= 0.6 is 0 Å². The molecule has 0 radical (unpaired) electrons. The number of rotatable bonds is 11. The molecule has 10 nitrogen and oxygen atoms in total. The molecule has 5 N–H and O–H groups in total. The predicted octanol–water partition coefficient (Wildman–Crippen LogP) is 2.08. The molecule has 0 aromatic heterocycles. The number of phenols is 1. The van der Waals surface area contributed by atoms with Gasteiger partial charge in [0.05, 0.1) is 18.8 Å². The van der Waals surface area contributed by atoms with Gasteiger partial charge in [0.1, 0.15) is 17.5 Å². The number of aliphatic hydroxyl groups is 2. The van der Waals surface area contributed by atoms with E-state index in [1.54, 1.807) is 13.0 Å². The van der Waals surface area contributed by atoms with Crippen molar-refractivity contribution in [1.82, 2.24) is 15.5 Å². The van der Waals surface area contributed by atoms with Gasteiger partial charge in [0.25, 0.3) is 11.8 Å². The molecule has 4 atom stereocenters. The SMILES string of the molecule is CCOc1cccc(CNC(=O)C2CC(O)CN2C(=O)C(O)C(Cc2ccccc2)NC(=O)c2cccc(O)c2C)c1. The van der Waals surface area contributed by atoms with Gasteiger partial charge in [-0.05, 0) is 55.7 Å². The van der Waals surface area contributed by atoms with Crippen LogP contribution in [0.5, 0.6) is 11.5 Å². The first kappa shape index (κ1) is 30.5. The van der Waals surface area contributed by atoms with E-state index < -0.39 is 42.0 Å². The minimum absolute atomic E-state index is 0.0154. The molecule has 1 heterocycles. The number of hydrogen-bond acceptors (Lipinski definition) is 7. The Kier molecular flexibility index (Phi) is 10.2. The molecular weight excluding hydrogens is 538 g/mol. The smallest absolute Gasteiger partial charge is 0.254 e. The average molecular weight is 576 g/mol. The van der Waals surface area contributed by atoms with Crippen molar-refractivity contribution in [3.63, 3.8) is 0 Å². The van der Waals surface area contributed by atoms with Crippen molar-refractivity contribution in [3.8, 4) is 11.5 Å². The highest BCUT2D eigenvalue weighted by Gasteiger charge is 2.42. The second kappa shape index (κ2) is 14.0. The average Bonchev–Trinajstić information content (AvgIpc) is 3.38. The van der Waals surface area contributed by atoms with Crippen LogP contribution in [0.4, 0.5) is 0 Å². The number of nitrogens with zero attached hydrogens (tertiary/aromatic N) is 1. The molecule has 1 fully saturated rings. The van der Waals surface area contributed by atoms with Gasteiger partial charge in [-0.3, -0.25) is 14.4 Å². The number of aromatic hydroxyl groups is 1. The highest BCUT2D eigenvalue weighted by molar-refractivity contribution is 5.97. The molecule has 0 saturated carbocycles. The Morgan fingerprint density at radius 2 is 1.74 bits per heavy atom. The van der Waals surface area contributed by atoms with Gasteiger partial charge in [0.15, 0.2) is 6.10 Å². The van der Waals surface area contributed by atoms with E-state index >= 15 is 0 Å². The fourth-order valence-electron chi connectivity index (χ4n) is 5.09. The number of hydrogen-bond donors (Lipinski definition) is 5. The molecule has 1 saturated heterocycles. The third kappa shape index (κ3) is 7.45. The van der Waals surface area contributed by atoms with Crippen molar-refractivity contribution >= 4 is 17.7 Å². The van der Waals surface area contributed by atoms with Crippen molar-refractivity contribution in [2.75, 3.05) is 13.2 Å². The minimum Gasteiger partial charge on any atom is -0.508 e. The first-order valence-corrected chi connectivity index (χ1v) is 14.0. The van der Waals surface area contributed by atoms with Gasteiger partial charge in [-0.15, -0.1) is 0 Å². The molecule has 0 bridgehead atoms. The molecular formula is C32H37N3O7. The molecule has 222 valence electrons. The summed E-state index contributed by atoms with van der Waals surface area (Å²) >= 11 is 0. The van der Waals surface area contributed by atoms with Gasteiger partial charge in [0.2, 0.25) is 5.91 Å². The Morgan fingerprint density at radius 1 is 1.02 bits per heavy atom. The molecule has 0 aliphatic carbocycles. The van der Waals surface area contributed by atoms with Crippen LogP contribution in [0, 0.1) is 6.92 Å². The molecule has 3 amide bonds. The zero-order valence-electron chi connectivity index (χ0n) is 23.7. The number of phenolic OH excluding ortho intramolecular Hbond substituents is 1. The lowest BCUT2D eigenvalue weighted by Crippen LogP contribution is -2.55. The van der Waals surface area contributed by atoms with Gasteiger partial charge >= 0.3 is 0 Å². The normalized spacial score (nSPS) is 17.8. The van der Waals surface area contributed by atoms with E-state index in [-0.39, 0.29) is 37.2 Å². The van der Waals surface area contributed by atoms with Crippen molar-refractivity contribution in [1.29, 1.82) is 0 Å². The summed E-state index contributed by atoms with van der Waals surface area (Å²) in [6, 6.07) is 18.8. The highest BCUT2D eigenvalue weighted by Crippen LogP contribution is 2.23. The second-order valence-corrected chi connectivity index (χ2v) is 10.4.